The van der Waals surface area contributed by atoms with Gasteiger partial charge in [-0.2, -0.15) is 0 Å². The second-order valence-electron chi connectivity index (χ2n) is 6.63. The second kappa shape index (κ2) is 5.30. The Labute approximate surface area is 130 Å². The van der Waals surface area contributed by atoms with E-state index in [-0.39, 0.29) is 5.41 Å². The summed E-state index contributed by atoms with van der Waals surface area (Å²) >= 11 is 6.13. The highest BCUT2D eigenvalue weighted by Gasteiger charge is 2.27. The summed E-state index contributed by atoms with van der Waals surface area (Å²) in [5.74, 6) is 2.12. The summed E-state index contributed by atoms with van der Waals surface area (Å²) in [7, 11) is 0. The highest BCUT2D eigenvalue weighted by Crippen LogP contribution is 2.39. The molecule has 3 nitrogen and oxygen atoms in total. The number of hydrogen-bond acceptors (Lipinski definition) is 3. The van der Waals surface area contributed by atoms with Crippen LogP contribution in [0.1, 0.15) is 50.9 Å². The Bertz CT molecular complexity index is 657. The normalized spacial score (nSPS) is 15.0. The molecule has 110 valence electrons. The molecular weight excluding hydrogens is 282 g/mol. The lowest BCUT2D eigenvalue weighted by molar-refractivity contribution is 0.592. The standard InChI is InChI=1S/C17H20ClN3/c1-17(2,3)12-6-4-5-7-13(12)19-15-10-14(18)20-16(21-15)11-8-9-11/h4-7,10-11H,8-9H2,1-3H3,(H,19,20,21). The first kappa shape index (κ1) is 14.3. The van der Waals surface area contributed by atoms with E-state index in [2.05, 4.69) is 54.3 Å². The van der Waals surface area contributed by atoms with Crippen molar-refractivity contribution < 1.29 is 0 Å². The van der Waals surface area contributed by atoms with E-state index in [1.165, 1.54) is 18.4 Å². The molecule has 0 radical (unpaired) electrons. The van der Waals surface area contributed by atoms with E-state index in [0.29, 0.717) is 11.1 Å². The number of hydrogen-bond donors (Lipinski definition) is 1. The molecule has 1 aliphatic carbocycles. The van der Waals surface area contributed by atoms with Crippen LogP contribution in [0.15, 0.2) is 30.3 Å². The third-order valence-corrected chi connectivity index (χ3v) is 3.85. The molecule has 0 spiro atoms. The van der Waals surface area contributed by atoms with Gasteiger partial charge in [-0.05, 0) is 29.9 Å². The molecule has 2 aromatic rings. The molecule has 0 aliphatic heterocycles. The van der Waals surface area contributed by atoms with Crippen LogP contribution >= 0.6 is 11.6 Å². The van der Waals surface area contributed by atoms with Gasteiger partial charge in [-0.15, -0.1) is 0 Å². The lowest BCUT2D eigenvalue weighted by Crippen LogP contribution is -2.14. The zero-order valence-corrected chi connectivity index (χ0v) is 13.4. The van der Waals surface area contributed by atoms with Crippen LogP contribution in [-0.2, 0) is 5.41 Å². The molecule has 0 unspecified atom stereocenters. The highest BCUT2D eigenvalue weighted by molar-refractivity contribution is 6.29. The minimum Gasteiger partial charge on any atom is -0.340 e. The average Bonchev–Trinajstić information content (AvgIpc) is 3.21. The Morgan fingerprint density at radius 3 is 2.52 bits per heavy atom. The summed E-state index contributed by atoms with van der Waals surface area (Å²) in [6.45, 7) is 6.61. The molecule has 1 N–H and O–H groups in total. The number of anilines is 2. The van der Waals surface area contributed by atoms with E-state index in [1.54, 1.807) is 6.07 Å². The Morgan fingerprint density at radius 1 is 1.14 bits per heavy atom. The maximum absolute atomic E-state index is 6.13. The van der Waals surface area contributed by atoms with E-state index in [9.17, 15) is 0 Å². The van der Waals surface area contributed by atoms with Gasteiger partial charge in [0.1, 0.15) is 16.8 Å². The van der Waals surface area contributed by atoms with Crippen LogP contribution in [0.4, 0.5) is 11.5 Å². The lowest BCUT2D eigenvalue weighted by Gasteiger charge is -2.23. The zero-order chi connectivity index (χ0) is 15.0. The number of benzene rings is 1. The number of halogens is 1. The number of rotatable bonds is 3. The molecule has 1 aliphatic rings. The Hall–Kier alpha value is -1.61. The summed E-state index contributed by atoms with van der Waals surface area (Å²) in [6.07, 6.45) is 2.33. The minimum atomic E-state index is 0.0692. The quantitative estimate of drug-likeness (QED) is 0.806. The summed E-state index contributed by atoms with van der Waals surface area (Å²) in [4.78, 5) is 8.93. The fourth-order valence-electron chi connectivity index (χ4n) is 2.41. The molecule has 1 saturated carbocycles. The van der Waals surface area contributed by atoms with E-state index in [0.717, 1.165) is 17.3 Å². The van der Waals surface area contributed by atoms with Gasteiger partial charge in [-0.25, -0.2) is 9.97 Å². The van der Waals surface area contributed by atoms with Crippen molar-refractivity contribution in [2.75, 3.05) is 5.32 Å². The molecule has 1 heterocycles. The summed E-state index contributed by atoms with van der Waals surface area (Å²) in [6, 6.07) is 10.1. The Morgan fingerprint density at radius 2 is 1.86 bits per heavy atom. The van der Waals surface area contributed by atoms with Gasteiger partial charge in [0, 0.05) is 17.7 Å². The predicted octanol–water partition coefficient (Wildman–Crippen LogP) is 5.05. The molecule has 0 saturated heterocycles. The summed E-state index contributed by atoms with van der Waals surface area (Å²) in [5.41, 5.74) is 2.40. The lowest BCUT2D eigenvalue weighted by atomic mass is 9.86. The van der Waals surface area contributed by atoms with Crippen LogP contribution < -0.4 is 5.32 Å². The van der Waals surface area contributed by atoms with Gasteiger partial charge in [0.25, 0.3) is 0 Å². The van der Waals surface area contributed by atoms with Crippen molar-refractivity contribution in [1.82, 2.24) is 9.97 Å². The first-order valence-electron chi connectivity index (χ1n) is 7.34. The van der Waals surface area contributed by atoms with Crippen LogP contribution in [0.3, 0.4) is 0 Å². The fourth-order valence-corrected chi connectivity index (χ4v) is 2.60. The number of nitrogens with one attached hydrogen (secondary N) is 1. The SMILES string of the molecule is CC(C)(C)c1ccccc1Nc1cc(Cl)nc(C2CC2)n1. The van der Waals surface area contributed by atoms with Gasteiger partial charge in [0.15, 0.2) is 0 Å². The average molecular weight is 302 g/mol. The van der Waals surface area contributed by atoms with Gasteiger partial charge in [-0.3, -0.25) is 0 Å². The third kappa shape index (κ3) is 3.35. The zero-order valence-electron chi connectivity index (χ0n) is 12.7. The van der Waals surface area contributed by atoms with Crippen LogP contribution in [0.5, 0.6) is 0 Å². The van der Waals surface area contributed by atoms with Crippen molar-refractivity contribution >= 4 is 23.1 Å². The van der Waals surface area contributed by atoms with Crippen LogP contribution in [0.2, 0.25) is 5.15 Å². The number of aromatic nitrogens is 2. The summed E-state index contributed by atoms with van der Waals surface area (Å²) < 4.78 is 0. The molecule has 1 fully saturated rings. The molecule has 4 heteroatoms. The van der Waals surface area contributed by atoms with Crippen molar-refractivity contribution in [1.29, 1.82) is 0 Å². The molecule has 21 heavy (non-hydrogen) atoms. The minimum absolute atomic E-state index is 0.0692. The maximum Gasteiger partial charge on any atom is 0.135 e. The van der Waals surface area contributed by atoms with Crippen molar-refractivity contribution in [3.8, 4) is 0 Å². The largest absolute Gasteiger partial charge is 0.340 e. The van der Waals surface area contributed by atoms with E-state index < -0.39 is 0 Å². The van der Waals surface area contributed by atoms with Crippen LogP contribution in [0, 0.1) is 0 Å². The van der Waals surface area contributed by atoms with Crippen molar-refractivity contribution in [3.05, 3.63) is 46.9 Å². The smallest absolute Gasteiger partial charge is 0.135 e. The first-order valence-corrected chi connectivity index (χ1v) is 7.72. The molecule has 0 atom stereocenters. The van der Waals surface area contributed by atoms with Gasteiger partial charge < -0.3 is 5.32 Å². The molecule has 1 aromatic heterocycles. The monoisotopic (exact) mass is 301 g/mol. The van der Waals surface area contributed by atoms with Crippen molar-refractivity contribution in [2.45, 2.75) is 44.9 Å². The molecule has 1 aromatic carbocycles. The van der Waals surface area contributed by atoms with E-state index >= 15 is 0 Å². The van der Waals surface area contributed by atoms with Gasteiger partial charge in [0.2, 0.25) is 0 Å². The van der Waals surface area contributed by atoms with E-state index in [4.69, 9.17) is 11.6 Å². The molecule has 3 rings (SSSR count). The third-order valence-electron chi connectivity index (χ3n) is 3.65. The van der Waals surface area contributed by atoms with Crippen molar-refractivity contribution in [3.63, 3.8) is 0 Å². The molecular formula is C17H20ClN3. The van der Waals surface area contributed by atoms with Crippen LogP contribution in [-0.4, -0.2) is 9.97 Å². The Balaban J connectivity index is 1.94. The second-order valence-corrected chi connectivity index (χ2v) is 7.02. The van der Waals surface area contributed by atoms with Gasteiger partial charge >= 0.3 is 0 Å². The van der Waals surface area contributed by atoms with Crippen molar-refractivity contribution in [2.24, 2.45) is 0 Å². The number of para-hydroxylation sites is 1. The van der Waals surface area contributed by atoms with Crippen LogP contribution in [0.25, 0.3) is 0 Å². The van der Waals surface area contributed by atoms with Gasteiger partial charge in [0.05, 0.1) is 0 Å². The maximum atomic E-state index is 6.13. The molecule has 0 bridgehead atoms. The van der Waals surface area contributed by atoms with E-state index in [1.807, 2.05) is 6.07 Å². The first-order chi connectivity index (χ1) is 9.93. The van der Waals surface area contributed by atoms with Gasteiger partial charge in [-0.1, -0.05) is 50.6 Å². The molecule has 0 amide bonds. The summed E-state index contributed by atoms with van der Waals surface area (Å²) in [5, 5.41) is 3.91. The predicted molar refractivity (Wildman–Crippen MR) is 87.4 cm³/mol. The Kier molecular flexibility index (Phi) is 3.62. The fraction of sp³-hybridized carbons (Fsp3) is 0.412. The number of nitrogens with zero attached hydrogens (tertiary/aromatic N) is 2. The topological polar surface area (TPSA) is 37.8 Å². The highest BCUT2D eigenvalue weighted by atomic mass is 35.5.